The van der Waals surface area contributed by atoms with E-state index in [1.807, 2.05) is 48.5 Å². The fourth-order valence-electron chi connectivity index (χ4n) is 3.86. The number of thiocarbonyl (C=S) groups is 1. The van der Waals surface area contributed by atoms with Crippen LogP contribution >= 0.6 is 23.8 Å². The van der Waals surface area contributed by atoms with Crippen molar-refractivity contribution in [3.05, 3.63) is 70.7 Å². The van der Waals surface area contributed by atoms with Crippen molar-refractivity contribution in [3.63, 3.8) is 0 Å². The highest BCUT2D eigenvalue weighted by atomic mass is 35.5. The number of ether oxygens (including phenoxy) is 1. The minimum absolute atomic E-state index is 0.254. The van der Waals surface area contributed by atoms with Crippen LogP contribution in [0.25, 0.3) is 17.0 Å². The molecule has 172 valence electrons. The number of hydrogen-bond donors (Lipinski definition) is 1. The molecule has 1 aliphatic rings. The van der Waals surface area contributed by atoms with Gasteiger partial charge in [-0.25, -0.2) is 0 Å². The third kappa shape index (κ3) is 5.04. The van der Waals surface area contributed by atoms with Gasteiger partial charge in [0.25, 0.3) is 5.89 Å². The van der Waals surface area contributed by atoms with Crippen LogP contribution in [0.3, 0.4) is 0 Å². The van der Waals surface area contributed by atoms with Crippen LogP contribution in [0.2, 0.25) is 5.02 Å². The maximum atomic E-state index is 6.16. The first-order chi connectivity index (χ1) is 15.9. The molecule has 0 saturated carbocycles. The number of nitrogens with one attached hydrogen (secondary N) is 1. The smallest absolute Gasteiger partial charge is 0.258 e. The fourth-order valence-corrected chi connectivity index (χ4v) is 4.40. The first-order valence-corrected chi connectivity index (χ1v) is 11.7. The lowest BCUT2D eigenvalue weighted by Crippen LogP contribution is -2.46. The minimum Gasteiger partial charge on any atom is -0.497 e. The summed E-state index contributed by atoms with van der Waals surface area (Å²) < 4.78 is 11.2. The first-order valence-electron chi connectivity index (χ1n) is 10.9. The van der Waals surface area contributed by atoms with E-state index < -0.39 is 0 Å². The van der Waals surface area contributed by atoms with Gasteiger partial charge >= 0.3 is 0 Å². The maximum absolute atomic E-state index is 6.16. The minimum atomic E-state index is -0.254. The molecule has 1 atom stereocenters. The Morgan fingerprint density at radius 1 is 1.21 bits per heavy atom. The summed E-state index contributed by atoms with van der Waals surface area (Å²) in [6.45, 7) is 7.27. The fraction of sp³-hybridized carbons (Fsp3) is 0.320. The van der Waals surface area contributed by atoms with Crippen molar-refractivity contribution >= 4 is 34.5 Å². The van der Waals surface area contributed by atoms with Crippen molar-refractivity contribution < 1.29 is 9.26 Å². The number of allylic oxidation sites excluding steroid dienone is 1. The van der Waals surface area contributed by atoms with Gasteiger partial charge in [0.1, 0.15) is 5.75 Å². The lowest BCUT2D eigenvalue weighted by atomic mass is 9.94. The third-order valence-electron chi connectivity index (χ3n) is 5.69. The average Bonchev–Trinajstić information content (AvgIpc) is 3.28. The zero-order valence-electron chi connectivity index (χ0n) is 19.1. The summed E-state index contributed by atoms with van der Waals surface area (Å²) in [5.74, 6) is 2.25. The molecule has 1 unspecified atom stereocenters. The second-order valence-corrected chi connectivity index (χ2v) is 9.25. The van der Waals surface area contributed by atoms with E-state index in [-0.39, 0.29) is 6.04 Å². The van der Waals surface area contributed by atoms with Crippen LogP contribution in [0.1, 0.15) is 44.7 Å². The topological polar surface area (TPSA) is 63.4 Å². The summed E-state index contributed by atoms with van der Waals surface area (Å²) in [7, 11) is 1.66. The molecule has 1 N–H and O–H groups in total. The van der Waals surface area contributed by atoms with Crippen molar-refractivity contribution in [2.45, 2.75) is 33.2 Å². The highest BCUT2D eigenvalue weighted by molar-refractivity contribution is 7.80. The zero-order valence-corrected chi connectivity index (χ0v) is 20.7. The van der Waals surface area contributed by atoms with E-state index in [4.69, 9.17) is 38.1 Å². The maximum Gasteiger partial charge on any atom is 0.258 e. The van der Waals surface area contributed by atoms with Gasteiger partial charge in [0.2, 0.25) is 5.82 Å². The predicted octanol–water partition coefficient (Wildman–Crippen LogP) is 6.11. The number of methoxy groups -OCH3 is 1. The van der Waals surface area contributed by atoms with Crippen LogP contribution < -0.4 is 10.1 Å². The Hall–Kier alpha value is -2.90. The van der Waals surface area contributed by atoms with Gasteiger partial charge in [0.15, 0.2) is 5.11 Å². The number of halogens is 1. The van der Waals surface area contributed by atoms with Gasteiger partial charge in [-0.3, -0.25) is 0 Å². The highest BCUT2D eigenvalue weighted by Gasteiger charge is 2.34. The van der Waals surface area contributed by atoms with E-state index >= 15 is 0 Å². The van der Waals surface area contributed by atoms with E-state index in [9.17, 15) is 0 Å². The van der Waals surface area contributed by atoms with Crippen molar-refractivity contribution in [2.75, 3.05) is 13.7 Å². The Morgan fingerprint density at radius 2 is 2.00 bits per heavy atom. The molecule has 3 aromatic rings. The zero-order chi connectivity index (χ0) is 23.5. The molecule has 0 spiro atoms. The molecule has 1 aromatic heterocycles. The van der Waals surface area contributed by atoms with Crippen molar-refractivity contribution in [3.8, 4) is 17.1 Å². The number of rotatable bonds is 7. The van der Waals surface area contributed by atoms with Gasteiger partial charge in [-0.15, -0.1) is 0 Å². The Kier molecular flexibility index (Phi) is 7.00. The second kappa shape index (κ2) is 9.93. The van der Waals surface area contributed by atoms with Gasteiger partial charge < -0.3 is 19.5 Å². The lowest BCUT2D eigenvalue weighted by Gasteiger charge is -2.37. The van der Waals surface area contributed by atoms with Crippen LogP contribution in [-0.2, 0) is 0 Å². The summed E-state index contributed by atoms with van der Waals surface area (Å²) in [6.07, 6.45) is 1.01. The molecule has 33 heavy (non-hydrogen) atoms. The van der Waals surface area contributed by atoms with E-state index in [0.29, 0.717) is 27.8 Å². The molecule has 0 radical (unpaired) electrons. The van der Waals surface area contributed by atoms with Gasteiger partial charge in [-0.1, -0.05) is 54.9 Å². The summed E-state index contributed by atoms with van der Waals surface area (Å²) >= 11 is 11.9. The molecule has 4 rings (SSSR count). The third-order valence-corrected chi connectivity index (χ3v) is 6.27. The molecule has 2 aromatic carbocycles. The summed E-state index contributed by atoms with van der Waals surface area (Å²) in [6, 6.07) is 15.1. The van der Waals surface area contributed by atoms with E-state index in [2.05, 4.69) is 36.1 Å². The number of hydrogen-bond acceptors (Lipinski definition) is 5. The van der Waals surface area contributed by atoms with Crippen molar-refractivity contribution in [1.29, 1.82) is 0 Å². The summed E-state index contributed by atoms with van der Waals surface area (Å²) in [5, 5.41) is 9.02. The first kappa shape index (κ1) is 23.3. The largest absolute Gasteiger partial charge is 0.497 e. The monoisotopic (exact) mass is 482 g/mol. The average molecular weight is 483 g/mol. The van der Waals surface area contributed by atoms with E-state index in [1.54, 1.807) is 7.11 Å². The molecule has 0 bridgehead atoms. The standard InChI is InChI=1S/C25H27ClN4O2S/c1-15(2)11-12-30-16(3)21(22(27-25(30)33)17-7-6-10-20(14-17)31-4)24-28-23(29-32-24)18-8-5-9-19(26)13-18/h5-10,13-15,22H,11-12H2,1-4H3,(H,27,33). The normalized spacial score (nSPS) is 16.4. The predicted molar refractivity (Wildman–Crippen MR) is 135 cm³/mol. The number of benzene rings is 2. The van der Waals surface area contributed by atoms with Gasteiger partial charge in [0, 0.05) is 22.8 Å². The van der Waals surface area contributed by atoms with Crippen LogP contribution in [0.15, 0.2) is 58.8 Å². The van der Waals surface area contributed by atoms with Gasteiger partial charge in [-0.05, 0) is 61.3 Å². The molecule has 0 saturated heterocycles. The molecule has 2 heterocycles. The van der Waals surface area contributed by atoms with Crippen LogP contribution in [-0.4, -0.2) is 33.8 Å². The Labute approximate surface area is 204 Å². The summed E-state index contributed by atoms with van der Waals surface area (Å²) in [4.78, 5) is 6.85. The highest BCUT2D eigenvalue weighted by Crippen LogP contribution is 2.38. The van der Waals surface area contributed by atoms with Crippen LogP contribution in [0.4, 0.5) is 0 Å². The Bertz CT molecular complexity index is 1190. The van der Waals surface area contributed by atoms with Crippen LogP contribution in [0, 0.1) is 5.92 Å². The molecular weight excluding hydrogens is 456 g/mol. The van der Waals surface area contributed by atoms with Gasteiger partial charge in [-0.2, -0.15) is 4.98 Å². The molecule has 8 heteroatoms. The van der Waals surface area contributed by atoms with Gasteiger partial charge in [0.05, 0.1) is 18.7 Å². The Balaban J connectivity index is 1.80. The second-order valence-electron chi connectivity index (χ2n) is 8.43. The van der Waals surface area contributed by atoms with Crippen molar-refractivity contribution in [2.24, 2.45) is 5.92 Å². The number of aromatic nitrogens is 2. The van der Waals surface area contributed by atoms with E-state index in [1.165, 1.54) is 0 Å². The summed E-state index contributed by atoms with van der Waals surface area (Å²) in [5.41, 5.74) is 3.68. The lowest BCUT2D eigenvalue weighted by molar-refractivity contribution is 0.390. The molecule has 0 aliphatic carbocycles. The SMILES string of the molecule is COc1cccc(C2NC(=S)N(CCC(C)C)C(C)=C2c2nc(-c3cccc(Cl)c3)no2)c1. The molecule has 1 aliphatic heterocycles. The van der Waals surface area contributed by atoms with Crippen molar-refractivity contribution in [1.82, 2.24) is 20.4 Å². The molecule has 0 amide bonds. The van der Waals surface area contributed by atoms with E-state index in [0.717, 1.165) is 41.1 Å². The van der Waals surface area contributed by atoms with Crippen LogP contribution in [0.5, 0.6) is 5.75 Å². The molecule has 6 nitrogen and oxygen atoms in total. The number of nitrogens with zero attached hydrogens (tertiary/aromatic N) is 3. The molecule has 0 fully saturated rings. The quantitative estimate of drug-likeness (QED) is 0.408. The molecular formula is C25H27ClN4O2S. The Morgan fingerprint density at radius 3 is 2.73 bits per heavy atom.